The number of ether oxygens (including phenoxy) is 2. The monoisotopic (exact) mass is 550 g/mol. The van der Waals surface area contributed by atoms with Gasteiger partial charge in [0.05, 0.1) is 12.0 Å². The van der Waals surface area contributed by atoms with E-state index < -0.39 is 5.97 Å². The number of carbonyl (C=O) groups is 2. The molecule has 1 fully saturated rings. The predicted molar refractivity (Wildman–Crippen MR) is 126 cm³/mol. The molecule has 0 atom stereocenters. The van der Waals surface area contributed by atoms with E-state index in [0.29, 0.717) is 60.2 Å². The van der Waals surface area contributed by atoms with Crippen molar-refractivity contribution in [1.29, 1.82) is 0 Å². The molecule has 1 aromatic carbocycles. The summed E-state index contributed by atoms with van der Waals surface area (Å²) < 4.78 is 17.6. The van der Waals surface area contributed by atoms with E-state index in [4.69, 9.17) is 13.9 Å². The van der Waals surface area contributed by atoms with Gasteiger partial charge in [-0.3, -0.25) is 4.79 Å². The average Bonchev–Trinajstić information content (AvgIpc) is 3.14. The largest absolute Gasteiger partial charge is 0.484 e. The molecule has 3 heterocycles. The smallest absolute Gasteiger partial charge is 0.342 e. The Hall–Kier alpha value is -2.89. The van der Waals surface area contributed by atoms with Gasteiger partial charge < -0.3 is 23.7 Å². The van der Waals surface area contributed by atoms with Crippen molar-refractivity contribution in [3.8, 4) is 5.75 Å². The normalized spacial score (nSPS) is 14.0. The highest BCUT2D eigenvalue weighted by Gasteiger charge is 2.28. The van der Waals surface area contributed by atoms with E-state index in [0.717, 1.165) is 3.57 Å². The number of rotatable bonds is 6. The Labute approximate surface area is 198 Å². The van der Waals surface area contributed by atoms with Crippen LogP contribution in [-0.2, 0) is 9.53 Å². The molecule has 9 nitrogen and oxygen atoms in total. The molecular formula is C22H23IN4O5. The maximum absolute atomic E-state index is 12.6. The minimum atomic E-state index is -0.457. The van der Waals surface area contributed by atoms with Crippen molar-refractivity contribution >= 4 is 51.4 Å². The van der Waals surface area contributed by atoms with E-state index >= 15 is 0 Å². The van der Waals surface area contributed by atoms with Gasteiger partial charge in [0.2, 0.25) is 5.71 Å². The fourth-order valence-corrected chi connectivity index (χ4v) is 4.01. The van der Waals surface area contributed by atoms with Gasteiger partial charge in [0.15, 0.2) is 6.61 Å². The van der Waals surface area contributed by atoms with E-state index in [1.165, 1.54) is 6.33 Å². The Bertz CT molecular complexity index is 1120. The molecule has 0 N–H and O–H groups in total. The molecule has 10 heteroatoms. The van der Waals surface area contributed by atoms with Gasteiger partial charge in [0.25, 0.3) is 5.91 Å². The second-order valence-electron chi connectivity index (χ2n) is 7.24. The zero-order chi connectivity index (χ0) is 22.7. The summed E-state index contributed by atoms with van der Waals surface area (Å²) in [5, 5.41) is 0.547. The van der Waals surface area contributed by atoms with Crippen LogP contribution in [0.5, 0.6) is 5.75 Å². The third-order valence-electron chi connectivity index (χ3n) is 5.23. The number of piperazine rings is 1. The fraction of sp³-hybridized carbons (Fsp3) is 0.364. The Morgan fingerprint density at radius 2 is 1.84 bits per heavy atom. The standard InChI is InChI=1S/C22H23IN4O5/c1-3-30-22(29)18-14(2)32-21-19(18)20(24-13-25-21)27-10-8-26(9-11-27)17(28)12-31-16-6-4-15(23)5-7-16/h4-7,13H,3,8-12H2,1-2H3. The lowest BCUT2D eigenvalue weighted by Gasteiger charge is -2.35. The molecule has 1 aliphatic heterocycles. The van der Waals surface area contributed by atoms with Gasteiger partial charge in [0, 0.05) is 29.7 Å². The Kier molecular flexibility index (Phi) is 6.77. The minimum absolute atomic E-state index is 0.00766. The van der Waals surface area contributed by atoms with Gasteiger partial charge in [0.1, 0.15) is 29.2 Å². The van der Waals surface area contributed by atoms with E-state index in [-0.39, 0.29) is 19.1 Å². The van der Waals surface area contributed by atoms with Crippen LogP contribution in [0.4, 0.5) is 5.82 Å². The molecule has 0 radical (unpaired) electrons. The van der Waals surface area contributed by atoms with Gasteiger partial charge in [-0.05, 0) is 60.7 Å². The summed E-state index contributed by atoms with van der Waals surface area (Å²) in [4.78, 5) is 37.5. The third kappa shape index (κ3) is 4.64. The zero-order valence-corrected chi connectivity index (χ0v) is 20.0. The number of carbonyl (C=O) groups excluding carboxylic acids is 2. The first-order valence-electron chi connectivity index (χ1n) is 10.3. The Morgan fingerprint density at radius 3 is 2.53 bits per heavy atom. The highest BCUT2D eigenvalue weighted by Crippen LogP contribution is 2.32. The summed E-state index contributed by atoms with van der Waals surface area (Å²) in [6, 6.07) is 7.57. The number of anilines is 1. The number of aryl methyl sites for hydroxylation is 1. The first kappa shape index (κ1) is 22.3. The van der Waals surface area contributed by atoms with E-state index in [9.17, 15) is 9.59 Å². The molecule has 1 saturated heterocycles. The molecule has 0 bridgehead atoms. The van der Waals surface area contributed by atoms with Crippen molar-refractivity contribution in [2.24, 2.45) is 0 Å². The highest BCUT2D eigenvalue weighted by atomic mass is 127. The molecule has 168 valence electrons. The number of hydrogen-bond donors (Lipinski definition) is 0. The van der Waals surface area contributed by atoms with Gasteiger partial charge in [-0.25, -0.2) is 14.8 Å². The van der Waals surface area contributed by atoms with Crippen LogP contribution in [0.25, 0.3) is 11.1 Å². The number of halogens is 1. The molecule has 1 amide bonds. The predicted octanol–water partition coefficient (Wildman–Crippen LogP) is 3.04. The van der Waals surface area contributed by atoms with E-state index in [1.54, 1.807) is 18.7 Å². The van der Waals surface area contributed by atoms with Crippen molar-refractivity contribution < 1.29 is 23.5 Å². The van der Waals surface area contributed by atoms with Crippen LogP contribution in [-0.4, -0.2) is 66.1 Å². The lowest BCUT2D eigenvalue weighted by molar-refractivity contribution is -0.133. The first-order valence-corrected chi connectivity index (χ1v) is 11.4. The molecule has 4 rings (SSSR count). The number of fused-ring (bicyclic) bond motifs is 1. The molecule has 0 saturated carbocycles. The number of nitrogens with zero attached hydrogens (tertiary/aromatic N) is 4. The number of aromatic nitrogens is 2. The van der Waals surface area contributed by atoms with Crippen molar-refractivity contribution in [2.45, 2.75) is 13.8 Å². The fourth-order valence-electron chi connectivity index (χ4n) is 3.65. The number of esters is 1. The lowest BCUT2D eigenvalue weighted by atomic mass is 10.1. The highest BCUT2D eigenvalue weighted by molar-refractivity contribution is 14.1. The summed E-state index contributed by atoms with van der Waals surface area (Å²) in [6.45, 7) is 5.89. The third-order valence-corrected chi connectivity index (χ3v) is 5.95. The first-order chi connectivity index (χ1) is 15.5. The van der Waals surface area contributed by atoms with Crippen molar-refractivity contribution in [3.63, 3.8) is 0 Å². The lowest BCUT2D eigenvalue weighted by Crippen LogP contribution is -2.50. The SMILES string of the molecule is CCOC(=O)c1c(C)oc2ncnc(N3CCN(C(=O)COc4ccc(I)cc4)CC3)c12. The number of furan rings is 1. The van der Waals surface area contributed by atoms with E-state index in [1.807, 2.05) is 29.2 Å². The van der Waals surface area contributed by atoms with Crippen LogP contribution >= 0.6 is 22.6 Å². The molecule has 0 spiro atoms. The minimum Gasteiger partial charge on any atom is -0.484 e. The van der Waals surface area contributed by atoms with Crippen molar-refractivity contribution in [1.82, 2.24) is 14.9 Å². The quantitative estimate of drug-likeness (QED) is 0.342. The maximum Gasteiger partial charge on any atom is 0.342 e. The summed E-state index contributed by atoms with van der Waals surface area (Å²) in [5.74, 6) is 1.20. The number of hydrogen-bond acceptors (Lipinski definition) is 8. The van der Waals surface area contributed by atoms with Gasteiger partial charge >= 0.3 is 5.97 Å². The van der Waals surface area contributed by atoms with Gasteiger partial charge in [-0.1, -0.05) is 0 Å². The second kappa shape index (κ2) is 9.72. The number of amides is 1. The molecular weight excluding hydrogens is 527 g/mol. The summed E-state index contributed by atoms with van der Waals surface area (Å²) in [6.07, 6.45) is 1.42. The summed E-state index contributed by atoms with van der Waals surface area (Å²) in [5.41, 5.74) is 0.696. The molecule has 0 unspecified atom stereocenters. The van der Waals surface area contributed by atoms with Crippen molar-refractivity contribution in [3.05, 3.63) is 45.5 Å². The Morgan fingerprint density at radius 1 is 1.12 bits per heavy atom. The summed E-state index contributed by atoms with van der Waals surface area (Å²) in [7, 11) is 0. The molecule has 32 heavy (non-hydrogen) atoms. The topological polar surface area (TPSA) is 98.0 Å². The van der Waals surface area contributed by atoms with Crippen LogP contribution in [0, 0.1) is 10.5 Å². The maximum atomic E-state index is 12.6. The van der Waals surface area contributed by atoms with Crippen LogP contribution < -0.4 is 9.64 Å². The average molecular weight is 550 g/mol. The van der Waals surface area contributed by atoms with Crippen molar-refractivity contribution in [2.75, 3.05) is 44.3 Å². The van der Waals surface area contributed by atoms with E-state index in [2.05, 4.69) is 32.6 Å². The van der Waals surface area contributed by atoms with Crippen LogP contribution in [0.1, 0.15) is 23.0 Å². The molecule has 3 aromatic rings. The molecule has 2 aromatic heterocycles. The second-order valence-corrected chi connectivity index (χ2v) is 8.49. The van der Waals surface area contributed by atoms with Gasteiger partial charge in [-0.2, -0.15) is 0 Å². The zero-order valence-electron chi connectivity index (χ0n) is 17.8. The Balaban J connectivity index is 1.44. The molecule has 1 aliphatic rings. The number of benzene rings is 1. The van der Waals surface area contributed by atoms with Crippen LogP contribution in [0.15, 0.2) is 35.0 Å². The van der Waals surface area contributed by atoms with Crippen LogP contribution in [0.3, 0.4) is 0 Å². The van der Waals surface area contributed by atoms with Gasteiger partial charge in [-0.15, -0.1) is 0 Å². The van der Waals surface area contributed by atoms with Crippen LogP contribution in [0.2, 0.25) is 0 Å². The molecule has 0 aliphatic carbocycles. The summed E-state index contributed by atoms with van der Waals surface area (Å²) >= 11 is 2.22.